The molecule has 1 aliphatic rings. The zero-order valence-electron chi connectivity index (χ0n) is 12.0. The van der Waals surface area contributed by atoms with E-state index in [0.29, 0.717) is 17.4 Å². The van der Waals surface area contributed by atoms with Crippen molar-refractivity contribution in [1.29, 1.82) is 0 Å². The van der Waals surface area contributed by atoms with Crippen LogP contribution in [-0.4, -0.2) is 5.91 Å². The molecule has 0 bridgehead atoms. The Bertz CT molecular complexity index is 675. The van der Waals surface area contributed by atoms with Gasteiger partial charge in [0.1, 0.15) is 5.76 Å². The number of carbonyl (C=O) groups excluding carboxylic acids is 1. The fourth-order valence-corrected chi connectivity index (χ4v) is 3.03. The first-order valence-electron chi connectivity index (χ1n) is 7.26. The van der Waals surface area contributed by atoms with Crippen molar-refractivity contribution < 1.29 is 9.21 Å². The summed E-state index contributed by atoms with van der Waals surface area (Å²) in [7, 11) is 0. The van der Waals surface area contributed by atoms with Gasteiger partial charge < -0.3 is 9.73 Å². The Morgan fingerprint density at radius 1 is 1.24 bits per heavy atom. The summed E-state index contributed by atoms with van der Waals surface area (Å²) in [6.45, 7) is 1.81. The summed E-state index contributed by atoms with van der Waals surface area (Å²) in [6, 6.07) is 7.85. The summed E-state index contributed by atoms with van der Waals surface area (Å²) in [5.74, 6) is 1.12. The maximum atomic E-state index is 12.2. The second-order valence-corrected chi connectivity index (χ2v) is 5.74. The quantitative estimate of drug-likeness (QED) is 0.851. The average Bonchev–Trinajstić information content (AvgIpc) is 2.88. The van der Waals surface area contributed by atoms with Crippen LogP contribution in [0.3, 0.4) is 0 Å². The second-order valence-electron chi connectivity index (χ2n) is 5.47. The number of aryl methyl sites for hydroxylation is 3. The molecular formula is C17H18ClNO2. The number of benzene rings is 1. The van der Waals surface area contributed by atoms with E-state index in [1.54, 1.807) is 6.07 Å². The monoisotopic (exact) mass is 303 g/mol. The molecule has 2 aromatic rings. The van der Waals surface area contributed by atoms with Crippen LogP contribution in [0, 0.1) is 6.92 Å². The largest absolute Gasteiger partial charge is 0.456 e. The van der Waals surface area contributed by atoms with Crippen molar-refractivity contribution in [3.63, 3.8) is 0 Å². The smallest absolute Gasteiger partial charge is 0.291 e. The molecule has 0 radical (unpaired) electrons. The van der Waals surface area contributed by atoms with E-state index >= 15 is 0 Å². The first kappa shape index (κ1) is 14.2. The third-order valence-electron chi connectivity index (χ3n) is 3.99. The molecule has 1 aromatic carbocycles. The third-order valence-corrected chi connectivity index (χ3v) is 4.28. The van der Waals surface area contributed by atoms with Crippen molar-refractivity contribution >= 4 is 23.2 Å². The predicted molar refractivity (Wildman–Crippen MR) is 84.0 cm³/mol. The van der Waals surface area contributed by atoms with Crippen LogP contribution in [0.4, 0.5) is 5.69 Å². The Hall–Kier alpha value is -1.74. The summed E-state index contributed by atoms with van der Waals surface area (Å²) in [6.07, 6.45) is 4.71. The highest BCUT2D eigenvalue weighted by molar-refractivity contribution is 6.17. The molecular weight excluding hydrogens is 286 g/mol. The zero-order valence-corrected chi connectivity index (χ0v) is 12.8. The number of nitrogens with one attached hydrogen (secondary N) is 1. The summed E-state index contributed by atoms with van der Waals surface area (Å²) in [5.41, 5.74) is 4.42. The van der Waals surface area contributed by atoms with Gasteiger partial charge in [-0.2, -0.15) is 0 Å². The van der Waals surface area contributed by atoms with E-state index in [4.69, 9.17) is 16.0 Å². The number of anilines is 1. The minimum absolute atomic E-state index is 0.231. The Labute approximate surface area is 129 Å². The minimum atomic E-state index is -0.231. The van der Waals surface area contributed by atoms with E-state index in [9.17, 15) is 4.79 Å². The van der Waals surface area contributed by atoms with Crippen LogP contribution in [0.5, 0.6) is 0 Å². The van der Waals surface area contributed by atoms with Crippen LogP contribution in [0.1, 0.15) is 45.8 Å². The fourth-order valence-electron chi connectivity index (χ4n) is 2.77. The van der Waals surface area contributed by atoms with Gasteiger partial charge in [0.2, 0.25) is 0 Å². The van der Waals surface area contributed by atoms with Gasteiger partial charge in [0.05, 0.1) is 5.88 Å². The molecule has 3 nitrogen and oxygen atoms in total. The van der Waals surface area contributed by atoms with Gasteiger partial charge in [-0.15, -0.1) is 11.6 Å². The number of furan rings is 1. The fraction of sp³-hybridized carbons (Fsp3) is 0.353. The van der Waals surface area contributed by atoms with Crippen LogP contribution in [0.25, 0.3) is 0 Å². The first-order valence-corrected chi connectivity index (χ1v) is 7.79. The van der Waals surface area contributed by atoms with Gasteiger partial charge in [-0.3, -0.25) is 4.79 Å². The lowest BCUT2D eigenvalue weighted by molar-refractivity contribution is 0.0995. The molecule has 110 valence electrons. The van der Waals surface area contributed by atoms with E-state index in [-0.39, 0.29) is 5.91 Å². The molecule has 0 fully saturated rings. The molecule has 0 saturated heterocycles. The lowest BCUT2D eigenvalue weighted by atomic mass is 9.91. The molecule has 21 heavy (non-hydrogen) atoms. The highest BCUT2D eigenvalue weighted by atomic mass is 35.5. The van der Waals surface area contributed by atoms with Crippen molar-refractivity contribution in [3.05, 3.63) is 52.5 Å². The van der Waals surface area contributed by atoms with E-state index in [1.165, 1.54) is 24.0 Å². The number of rotatable bonds is 3. The van der Waals surface area contributed by atoms with E-state index < -0.39 is 0 Å². The number of hydrogen-bond acceptors (Lipinski definition) is 2. The number of hydrogen-bond donors (Lipinski definition) is 1. The lowest BCUT2D eigenvalue weighted by Crippen LogP contribution is -2.12. The number of halogens is 1. The molecule has 0 spiro atoms. The van der Waals surface area contributed by atoms with E-state index in [0.717, 1.165) is 24.1 Å². The normalized spacial score (nSPS) is 13.8. The van der Waals surface area contributed by atoms with Gasteiger partial charge in [0.25, 0.3) is 5.91 Å². The standard InChI is InChI=1S/C17H18ClNO2/c1-11-14(10-18)9-16(21-11)17(20)19-15-7-6-12-4-2-3-5-13(12)8-15/h6-9H,2-5,10H2,1H3,(H,19,20). The Kier molecular flexibility index (Phi) is 4.02. The van der Waals surface area contributed by atoms with Crippen molar-refractivity contribution in [1.82, 2.24) is 0 Å². The van der Waals surface area contributed by atoms with Gasteiger partial charge in [0, 0.05) is 11.3 Å². The number of carbonyl (C=O) groups is 1. The van der Waals surface area contributed by atoms with Gasteiger partial charge in [-0.25, -0.2) is 0 Å². The van der Waals surface area contributed by atoms with Crippen LogP contribution in [0.2, 0.25) is 0 Å². The summed E-state index contributed by atoms with van der Waals surface area (Å²) >= 11 is 5.80. The Morgan fingerprint density at radius 3 is 2.71 bits per heavy atom. The summed E-state index contributed by atoms with van der Waals surface area (Å²) < 4.78 is 5.46. The molecule has 0 unspecified atom stereocenters. The summed E-state index contributed by atoms with van der Waals surface area (Å²) in [4.78, 5) is 12.2. The second kappa shape index (κ2) is 5.94. The maximum absolute atomic E-state index is 12.2. The van der Waals surface area contributed by atoms with Gasteiger partial charge >= 0.3 is 0 Å². The molecule has 0 saturated carbocycles. The molecule has 1 N–H and O–H groups in total. The minimum Gasteiger partial charge on any atom is -0.456 e. The van der Waals surface area contributed by atoms with Crippen LogP contribution in [-0.2, 0) is 18.7 Å². The van der Waals surface area contributed by atoms with Gasteiger partial charge in [-0.1, -0.05) is 6.07 Å². The molecule has 0 atom stereocenters. The highest BCUT2D eigenvalue weighted by Crippen LogP contribution is 2.25. The average molecular weight is 304 g/mol. The lowest BCUT2D eigenvalue weighted by Gasteiger charge is -2.16. The molecule has 0 aliphatic heterocycles. The molecule has 1 amide bonds. The Balaban J connectivity index is 1.77. The van der Waals surface area contributed by atoms with Crippen molar-refractivity contribution in [3.8, 4) is 0 Å². The molecule has 3 rings (SSSR count). The zero-order chi connectivity index (χ0) is 14.8. The van der Waals surface area contributed by atoms with Crippen molar-refractivity contribution in [2.45, 2.75) is 38.5 Å². The Morgan fingerprint density at radius 2 is 2.00 bits per heavy atom. The van der Waals surface area contributed by atoms with Crippen LogP contribution < -0.4 is 5.32 Å². The van der Waals surface area contributed by atoms with Crippen molar-refractivity contribution in [2.75, 3.05) is 5.32 Å². The molecule has 1 aromatic heterocycles. The molecule has 4 heteroatoms. The first-order chi connectivity index (χ1) is 10.2. The topological polar surface area (TPSA) is 42.2 Å². The van der Waals surface area contributed by atoms with Gasteiger partial charge in [-0.05, 0) is 61.9 Å². The van der Waals surface area contributed by atoms with Gasteiger partial charge in [0.15, 0.2) is 5.76 Å². The number of alkyl halides is 1. The summed E-state index contributed by atoms with van der Waals surface area (Å²) in [5, 5.41) is 2.90. The van der Waals surface area contributed by atoms with Crippen LogP contribution >= 0.6 is 11.6 Å². The maximum Gasteiger partial charge on any atom is 0.291 e. The predicted octanol–water partition coefficient (Wildman–Crippen LogP) is 4.46. The number of fused-ring (bicyclic) bond motifs is 1. The highest BCUT2D eigenvalue weighted by Gasteiger charge is 2.15. The van der Waals surface area contributed by atoms with E-state index in [2.05, 4.69) is 17.4 Å². The van der Waals surface area contributed by atoms with Crippen LogP contribution in [0.15, 0.2) is 28.7 Å². The SMILES string of the molecule is Cc1oc(C(=O)Nc2ccc3c(c2)CCCC3)cc1CCl. The molecule has 1 aliphatic carbocycles. The number of amides is 1. The van der Waals surface area contributed by atoms with E-state index in [1.807, 2.05) is 13.0 Å². The molecule has 1 heterocycles. The third kappa shape index (κ3) is 2.98. The van der Waals surface area contributed by atoms with Crippen molar-refractivity contribution in [2.24, 2.45) is 0 Å².